The van der Waals surface area contributed by atoms with Gasteiger partial charge in [-0.1, -0.05) is 6.07 Å². The van der Waals surface area contributed by atoms with Crippen LogP contribution in [0.3, 0.4) is 0 Å². The van der Waals surface area contributed by atoms with Crippen molar-refractivity contribution >= 4 is 27.9 Å². The molecule has 0 amide bonds. The van der Waals surface area contributed by atoms with Gasteiger partial charge in [-0.2, -0.15) is 0 Å². The lowest BCUT2D eigenvalue weighted by Gasteiger charge is -2.33. The lowest BCUT2D eigenvalue weighted by atomic mass is 9.97. The number of benzene rings is 1. The monoisotopic (exact) mass is 397 g/mol. The third kappa shape index (κ3) is 4.63. The van der Waals surface area contributed by atoms with Gasteiger partial charge < -0.3 is 19.7 Å². The van der Waals surface area contributed by atoms with Crippen LogP contribution in [0.4, 0.5) is 0 Å². The molecule has 1 fully saturated rings. The maximum Gasteiger partial charge on any atom is 0.308 e. The van der Waals surface area contributed by atoms with Crippen molar-refractivity contribution in [2.24, 2.45) is 10.9 Å². The van der Waals surface area contributed by atoms with E-state index in [1.165, 1.54) is 7.11 Å². The highest BCUT2D eigenvalue weighted by atomic mass is 79.9. The number of hydrogen-bond donors (Lipinski definition) is 1. The summed E-state index contributed by atoms with van der Waals surface area (Å²) in [7, 11) is 4.87. The predicted octanol–water partition coefficient (Wildman–Crippen LogP) is 2.42. The van der Waals surface area contributed by atoms with Crippen LogP contribution in [0.5, 0.6) is 5.75 Å². The van der Waals surface area contributed by atoms with Crippen molar-refractivity contribution < 1.29 is 14.3 Å². The molecule has 0 atom stereocenters. The number of aliphatic imine (C=N–C) groups is 1. The van der Waals surface area contributed by atoms with E-state index in [-0.39, 0.29) is 11.9 Å². The smallest absolute Gasteiger partial charge is 0.308 e. The molecule has 0 saturated carbocycles. The number of carbonyl (C=O) groups is 1. The molecule has 1 aliphatic rings. The zero-order valence-electron chi connectivity index (χ0n) is 14.3. The molecule has 1 aromatic rings. The Kier molecular flexibility index (Phi) is 6.90. The van der Waals surface area contributed by atoms with E-state index in [9.17, 15) is 4.79 Å². The van der Waals surface area contributed by atoms with Crippen LogP contribution in [0, 0.1) is 5.92 Å². The van der Waals surface area contributed by atoms with Gasteiger partial charge >= 0.3 is 5.97 Å². The van der Waals surface area contributed by atoms with Crippen LogP contribution in [-0.4, -0.2) is 51.2 Å². The van der Waals surface area contributed by atoms with Crippen LogP contribution in [-0.2, 0) is 16.1 Å². The van der Waals surface area contributed by atoms with Crippen molar-refractivity contribution in [3.05, 3.63) is 28.2 Å². The summed E-state index contributed by atoms with van der Waals surface area (Å²) in [6.45, 7) is 2.27. The van der Waals surface area contributed by atoms with Crippen molar-refractivity contribution in [2.75, 3.05) is 34.4 Å². The minimum atomic E-state index is -0.110. The fraction of sp³-hybridized carbons (Fsp3) is 0.529. The molecule has 0 radical (unpaired) electrons. The van der Waals surface area contributed by atoms with E-state index in [0.29, 0.717) is 6.54 Å². The number of likely N-dealkylation sites (tertiary alicyclic amines) is 1. The second kappa shape index (κ2) is 8.92. The van der Waals surface area contributed by atoms with Gasteiger partial charge in [-0.15, -0.1) is 0 Å². The number of nitrogens with zero attached hydrogens (tertiary/aromatic N) is 2. The molecular formula is C17H24BrN3O3. The summed E-state index contributed by atoms with van der Waals surface area (Å²) in [6, 6.07) is 5.99. The number of hydrogen-bond acceptors (Lipinski definition) is 4. The Labute approximate surface area is 151 Å². The molecule has 1 aromatic carbocycles. The minimum absolute atomic E-state index is 0.00176. The molecule has 0 spiro atoms. The molecule has 6 nitrogen and oxygen atoms in total. The Morgan fingerprint density at radius 3 is 2.62 bits per heavy atom. The first-order valence-corrected chi connectivity index (χ1v) is 8.74. The summed E-state index contributed by atoms with van der Waals surface area (Å²) in [4.78, 5) is 18.1. The third-order valence-electron chi connectivity index (χ3n) is 4.21. The van der Waals surface area contributed by atoms with E-state index in [4.69, 9.17) is 9.47 Å². The Morgan fingerprint density at radius 2 is 2.08 bits per heavy atom. The van der Waals surface area contributed by atoms with Gasteiger partial charge in [0.2, 0.25) is 0 Å². The van der Waals surface area contributed by atoms with Gasteiger partial charge in [0.05, 0.1) is 24.6 Å². The molecule has 132 valence electrons. The van der Waals surface area contributed by atoms with Gasteiger partial charge in [0, 0.05) is 26.7 Å². The fourth-order valence-corrected chi connectivity index (χ4v) is 3.41. The molecule has 0 unspecified atom stereocenters. The number of rotatable bonds is 4. The van der Waals surface area contributed by atoms with Gasteiger partial charge in [-0.05, 0) is 46.5 Å². The highest BCUT2D eigenvalue weighted by molar-refractivity contribution is 9.10. The maximum absolute atomic E-state index is 11.6. The molecular weight excluding hydrogens is 374 g/mol. The fourth-order valence-electron chi connectivity index (χ4n) is 2.83. The second-order valence-electron chi connectivity index (χ2n) is 5.65. The van der Waals surface area contributed by atoms with Crippen molar-refractivity contribution in [3.63, 3.8) is 0 Å². The predicted molar refractivity (Wildman–Crippen MR) is 97.2 cm³/mol. The molecule has 0 aliphatic carbocycles. The Morgan fingerprint density at radius 1 is 1.38 bits per heavy atom. The van der Waals surface area contributed by atoms with Crippen molar-refractivity contribution in [3.8, 4) is 5.75 Å². The van der Waals surface area contributed by atoms with Crippen LogP contribution in [0.1, 0.15) is 18.4 Å². The molecule has 0 bridgehead atoms. The van der Waals surface area contributed by atoms with Crippen molar-refractivity contribution in [1.82, 2.24) is 10.2 Å². The van der Waals surface area contributed by atoms with Gasteiger partial charge in [-0.25, -0.2) is 0 Å². The zero-order valence-corrected chi connectivity index (χ0v) is 15.9. The molecule has 1 N–H and O–H groups in total. The summed E-state index contributed by atoms with van der Waals surface area (Å²) >= 11 is 3.50. The van der Waals surface area contributed by atoms with E-state index >= 15 is 0 Å². The first-order valence-electron chi connectivity index (χ1n) is 7.95. The third-order valence-corrected chi connectivity index (χ3v) is 4.83. The molecule has 1 aliphatic heterocycles. The normalized spacial score (nSPS) is 16.0. The van der Waals surface area contributed by atoms with Gasteiger partial charge in [0.15, 0.2) is 5.96 Å². The summed E-state index contributed by atoms with van der Waals surface area (Å²) in [6.07, 6.45) is 1.59. The standard InChI is InChI=1S/C17H24BrN3O3/c1-19-17(21-8-6-13(7-9-21)16(22)24-3)20-11-12-4-5-15(23-2)14(18)10-12/h4-5,10,13H,6-9,11H2,1-3H3,(H,19,20). The maximum atomic E-state index is 11.6. The summed E-state index contributed by atoms with van der Waals surface area (Å²) < 4.78 is 11.0. The number of carbonyl (C=O) groups excluding carboxylic acids is 1. The van der Waals surface area contributed by atoms with Gasteiger partial charge in [-0.3, -0.25) is 9.79 Å². The van der Waals surface area contributed by atoms with Gasteiger partial charge in [0.1, 0.15) is 5.75 Å². The van der Waals surface area contributed by atoms with E-state index in [0.717, 1.165) is 47.7 Å². The number of nitrogens with one attached hydrogen (secondary N) is 1. The van der Waals surface area contributed by atoms with E-state index in [1.54, 1.807) is 14.2 Å². The van der Waals surface area contributed by atoms with Crippen LogP contribution >= 0.6 is 15.9 Å². The lowest BCUT2D eigenvalue weighted by molar-refractivity contribution is -0.146. The SMILES string of the molecule is CN=C(NCc1ccc(OC)c(Br)c1)N1CCC(C(=O)OC)CC1. The highest BCUT2D eigenvalue weighted by Gasteiger charge is 2.26. The van der Waals surface area contributed by atoms with Crippen LogP contribution in [0.15, 0.2) is 27.7 Å². The highest BCUT2D eigenvalue weighted by Crippen LogP contribution is 2.25. The Hall–Kier alpha value is -1.76. The molecule has 1 heterocycles. The van der Waals surface area contributed by atoms with Crippen molar-refractivity contribution in [1.29, 1.82) is 0 Å². The van der Waals surface area contributed by atoms with E-state index in [2.05, 4.69) is 31.1 Å². The average molecular weight is 398 g/mol. The quantitative estimate of drug-likeness (QED) is 0.480. The Balaban J connectivity index is 1.89. The topological polar surface area (TPSA) is 63.2 Å². The first-order chi connectivity index (χ1) is 11.6. The summed E-state index contributed by atoms with van der Waals surface area (Å²) in [5.74, 6) is 1.56. The number of guanidine groups is 1. The number of piperidine rings is 1. The van der Waals surface area contributed by atoms with E-state index < -0.39 is 0 Å². The largest absolute Gasteiger partial charge is 0.496 e. The molecule has 2 rings (SSSR count). The Bertz CT molecular complexity index is 599. The van der Waals surface area contributed by atoms with Crippen molar-refractivity contribution in [2.45, 2.75) is 19.4 Å². The number of esters is 1. The molecule has 0 aromatic heterocycles. The van der Waals surface area contributed by atoms with Crippen LogP contribution < -0.4 is 10.1 Å². The number of halogens is 1. The summed E-state index contributed by atoms with van der Waals surface area (Å²) in [5, 5.41) is 3.38. The van der Waals surface area contributed by atoms with E-state index in [1.807, 2.05) is 18.2 Å². The number of ether oxygens (including phenoxy) is 2. The lowest BCUT2D eigenvalue weighted by Crippen LogP contribution is -2.46. The molecule has 1 saturated heterocycles. The average Bonchev–Trinajstić information content (AvgIpc) is 2.62. The van der Waals surface area contributed by atoms with Crippen LogP contribution in [0.2, 0.25) is 0 Å². The second-order valence-corrected chi connectivity index (χ2v) is 6.51. The van der Waals surface area contributed by atoms with Crippen LogP contribution in [0.25, 0.3) is 0 Å². The minimum Gasteiger partial charge on any atom is -0.496 e. The first kappa shape index (κ1) is 18.6. The zero-order chi connectivity index (χ0) is 17.5. The summed E-state index contributed by atoms with van der Waals surface area (Å²) in [5.41, 5.74) is 1.13. The number of methoxy groups -OCH3 is 2. The molecule has 24 heavy (non-hydrogen) atoms. The van der Waals surface area contributed by atoms with Gasteiger partial charge in [0.25, 0.3) is 0 Å². The molecule has 7 heteroatoms.